The van der Waals surface area contributed by atoms with E-state index < -0.39 is 0 Å². The molecule has 0 bridgehead atoms. The van der Waals surface area contributed by atoms with Crippen LogP contribution in [0.1, 0.15) is 18.1 Å². The first-order valence-corrected chi connectivity index (χ1v) is 9.99. The quantitative estimate of drug-likeness (QED) is 0.426. The van der Waals surface area contributed by atoms with Crippen molar-refractivity contribution in [3.8, 4) is 5.75 Å². The number of ether oxygens (including phenoxy) is 1. The molecule has 0 aliphatic carbocycles. The molecule has 0 spiro atoms. The minimum absolute atomic E-state index is 0.125. The van der Waals surface area contributed by atoms with Gasteiger partial charge in [-0.15, -0.1) is 0 Å². The van der Waals surface area contributed by atoms with Crippen LogP contribution in [0.3, 0.4) is 0 Å². The van der Waals surface area contributed by atoms with Gasteiger partial charge < -0.3 is 14.1 Å². The highest BCUT2D eigenvalue weighted by molar-refractivity contribution is 6.31. The average molecular weight is 403 g/mol. The molecule has 5 heteroatoms. The summed E-state index contributed by atoms with van der Waals surface area (Å²) < 4.78 is 7.77. The molecule has 2 aromatic heterocycles. The number of H-pyrrole nitrogens is 1. The topological polar surface area (TPSA) is 46.5 Å². The van der Waals surface area contributed by atoms with Crippen molar-refractivity contribution in [3.63, 3.8) is 0 Å². The molecule has 29 heavy (non-hydrogen) atoms. The summed E-state index contributed by atoms with van der Waals surface area (Å²) in [6, 6.07) is 21.8. The second-order valence-corrected chi connectivity index (χ2v) is 7.49. The molecule has 0 unspecified atom stereocenters. The number of hydrogen-bond donors (Lipinski definition) is 1. The lowest BCUT2D eigenvalue weighted by molar-refractivity contribution is 0.340. The van der Waals surface area contributed by atoms with Crippen LogP contribution in [0, 0.1) is 0 Å². The van der Waals surface area contributed by atoms with Crippen LogP contribution in [0.2, 0.25) is 5.02 Å². The number of aromatic amines is 1. The van der Waals surface area contributed by atoms with Crippen LogP contribution in [-0.4, -0.2) is 16.0 Å². The van der Waals surface area contributed by atoms with E-state index in [4.69, 9.17) is 16.3 Å². The molecular weight excluding hydrogens is 384 g/mol. The Kier molecular flexibility index (Phi) is 4.29. The van der Waals surface area contributed by atoms with Gasteiger partial charge in [-0.2, -0.15) is 0 Å². The van der Waals surface area contributed by atoms with Gasteiger partial charge in [-0.25, -0.2) is 0 Å². The largest absolute Gasteiger partial charge is 0.494 e. The fourth-order valence-electron chi connectivity index (χ4n) is 4.04. The van der Waals surface area contributed by atoms with Crippen LogP contribution < -0.4 is 10.3 Å². The second kappa shape index (κ2) is 6.98. The van der Waals surface area contributed by atoms with Gasteiger partial charge in [-0.3, -0.25) is 4.79 Å². The van der Waals surface area contributed by atoms with E-state index in [0.29, 0.717) is 29.1 Å². The summed E-state index contributed by atoms with van der Waals surface area (Å²) in [7, 11) is 0. The number of nitrogens with one attached hydrogen (secondary N) is 1. The van der Waals surface area contributed by atoms with E-state index in [-0.39, 0.29) is 5.56 Å². The van der Waals surface area contributed by atoms with Crippen LogP contribution in [0.4, 0.5) is 0 Å². The van der Waals surface area contributed by atoms with Crippen LogP contribution in [-0.2, 0) is 6.42 Å². The average Bonchev–Trinajstić information content (AvgIpc) is 3.03. The number of rotatable bonds is 4. The normalized spacial score (nSPS) is 11.5. The Morgan fingerprint density at radius 2 is 1.79 bits per heavy atom. The maximum absolute atomic E-state index is 13.1. The Labute approximate surface area is 172 Å². The monoisotopic (exact) mass is 402 g/mol. The third-order valence-corrected chi connectivity index (χ3v) is 5.48. The first-order chi connectivity index (χ1) is 14.2. The highest BCUT2D eigenvalue weighted by Gasteiger charge is 2.18. The summed E-state index contributed by atoms with van der Waals surface area (Å²) >= 11 is 6.16. The number of hydrogen-bond acceptors (Lipinski definition) is 2. The molecular formula is C24H19ClN2O2. The Morgan fingerprint density at radius 1 is 1.00 bits per heavy atom. The summed E-state index contributed by atoms with van der Waals surface area (Å²) in [4.78, 5) is 16.2. The van der Waals surface area contributed by atoms with Gasteiger partial charge >= 0.3 is 0 Å². The lowest BCUT2D eigenvalue weighted by Gasteiger charge is -2.06. The maximum atomic E-state index is 13.1. The predicted molar refractivity (Wildman–Crippen MR) is 118 cm³/mol. The number of aromatic nitrogens is 2. The molecule has 0 radical (unpaired) electrons. The van der Waals surface area contributed by atoms with Crippen molar-refractivity contribution < 1.29 is 4.74 Å². The minimum Gasteiger partial charge on any atom is -0.494 e. The first kappa shape index (κ1) is 17.8. The third-order valence-electron chi connectivity index (χ3n) is 5.24. The SMILES string of the molecule is CCOc1ccc2c(c1)c(Cc1ccccc1)c1c(=O)[nH]c3cc(Cl)ccc3n12. The standard InChI is InChI=1S/C24H19ClN2O2/c1-2-29-17-9-11-21-18(14-17)19(12-15-6-4-3-5-7-15)23-24(28)26-20-13-16(25)8-10-22(20)27(21)23/h3-11,13-14H,2,12H2,1H3,(H,26,28). The zero-order valence-corrected chi connectivity index (χ0v) is 16.7. The smallest absolute Gasteiger partial charge is 0.273 e. The Balaban J connectivity index is 1.92. The molecule has 144 valence electrons. The van der Waals surface area contributed by atoms with Crippen molar-refractivity contribution in [1.82, 2.24) is 9.38 Å². The van der Waals surface area contributed by atoms with Gasteiger partial charge in [0.2, 0.25) is 0 Å². The minimum atomic E-state index is -0.125. The molecule has 0 saturated carbocycles. The second-order valence-electron chi connectivity index (χ2n) is 7.05. The molecule has 3 aromatic carbocycles. The van der Waals surface area contributed by atoms with Crippen molar-refractivity contribution in [1.29, 1.82) is 0 Å². The Bertz CT molecular complexity index is 1420. The van der Waals surface area contributed by atoms with Crippen molar-refractivity contribution in [2.24, 2.45) is 0 Å². The maximum Gasteiger partial charge on any atom is 0.273 e. The van der Waals surface area contributed by atoms with Gasteiger partial charge in [0.1, 0.15) is 11.3 Å². The summed E-state index contributed by atoms with van der Waals surface area (Å²) in [6.45, 7) is 2.56. The van der Waals surface area contributed by atoms with E-state index >= 15 is 0 Å². The van der Waals surface area contributed by atoms with E-state index in [1.165, 1.54) is 0 Å². The zero-order chi connectivity index (χ0) is 20.0. The molecule has 4 nitrogen and oxygen atoms in total. The highest BCUT2D eigenvalue weighted by atomic mass is 35.5. The van der Waals surface area contributed by atoms with E-state index in [9.17, 15) is 4.79 Å². The van der Waals surface area contributed by atoms with Gasteiger partial charge in [0.05, 0.1) is 23.2 Å². The summed E-state index contributed by atoms with van der Waals surface area (Å²) in [5, 5.41) is 1.61. The van der Waals surface area contributed by atoms with Crippen LogP contribution >= 0.6 is 11.6 Å². The predicted octanol–water partition coefficient (Wildman–Crippen LogP) is 5.58. The number of nitrogens with zero attached hydrogens (tertiary/aromatic N) is 1. The lowest BCUT2D eigenvalue weighted by atomic mass is 10.0. The molecule has 0 aliphatic heterocycles. The van der Waals surface area contributed by atoms with Crippen LogP contribution in [0.5, 0.6) is 5.75 Å². The molecule has 5 aromatic rings. The van der Waals surface area contributed by atoms with E-state index in [1.54, 1.807) is 6.07 Å². The van der Waals surface area contributed by atoms with Gasteiger partial charge in [-0.1, -0.05) is 41.9 Å². The van der Waals surface area contributed by atoms with Crippen molar-refractivity contribution in [3.05, 3.63) is 93.2 Å². The third kappa shape index (κ3) is 2.97. The van der Waals surface area contributed by atoms with E-state index in [1.807, 2.05) is 59.9 Å². The summed E-state index contributed by atoms with van der Waals surface area (Å²) in [5.74, 6) is 0.800. The molecule has 0 saturated heterocycles. The molecule has 0 atom stereocenters. The van der Waals surface area contributed by atoms with Crippen molar-refractivity contribution >= 4 is 39.1 Å². The van der Waals surface area contributed by atoms with Gasteiger partial charge in [0.25, 0.3) is 5.56 Å². The molecule has 1 N–H and O–H groups in total. The van der Waals surface area contributed by atoms with Crippen molar-refractivity contribution in [2.45, 2.75) is 13.3 Å². The molecule has 5 rings (SSSR count). The molecule has 0 fully saturated rings. The van der Waals surface area contributed by atoms with Gasteiger partial charge in [0, 0.05) is 16.8 Å². The zero-order valence-electron chi connectivity index (χ0n) is 15.9. The van der Waals surface area contributed by atoms with Crippen LogP contribution in [0.15, 0.2) is 71.5 Å². The fourth-order valence-corrected chi connectivity index (χ4v) is 4.22. The van der Waals surface area contributed by atoms with Crippen molar-refractivity contribution in [2.75, 3.05) is 6.61 Å². The van der Waals surface area contributed by atoms with Gasteiger partial charge in [-0.05, 0) is 54.4 Å². The highest BCUT2D eigenvalue weighted by Crippen LogP contribution is 2.32. The summed E-state index contributed by atoms with van der Waals surface area (Å²) in [5.41, 5.74) is 5.29. The number of fused-ring (bicyclic) bond motifs is 5. The Morgan fingerprint density at radius 3 is 2.59 bits per heavy atom. The lowest BCUT2D eigenvalue weighted by Crippen LogP contribution is -2.11. The summed E-state index contributed by atoms with van der Waals surface area (Å²) in [6.07, 6.45) is 0.658. The molecule has 2 heterocycles. The molecule has 0 amide bonds. The van der Waals surface area contributed by atoms with E-state index in [2.05, 4.69) is 17.1 Å². The number of benzene rings is 3. The molecule has 0 aliphatic rings. The van der Waals surface area contributed by atoms with Crippen LogP contribution in [0.25, 0.3) is 27.5 Å². The Hall–Kier alpha value is -3.24. The fraction of sp³-hybridized carbons (Fsp3) is 0.125. The first-order valence-electron chi connectivity index (χ1n) is 9.61. The number of halogens is 1. The van der Waals surface area contributed by atoms with Gasteiger partial charge in [0.15, 0.2) is 0 Å². The van der Waals surface area contributed by atoms with E-state index in [0.717, 1.165) is 33.3 Å².